The zero-order chi connectivity index (χ0) is 7.84. The molecule has 0 atom stereocenters. The maximum absolute atomic E-state index is 10.5. The maximum atomic E-state index is 10.5. The summed E-state index contributed by atoms with van der Waals surface area (Å²) >= 11 is 0. The Kier molecular flexibility index (Phi) is 1.03. The summed E-state index contributed by atoms with van der Waals surface area (Å²) in [4.78, 5) is 10.5. The van der Waals surface area contributed by atoms with Crippen molar-refractivity contribution in [2.45, 2.75) is 0 Å². The molecule has 4 heteroatoms. The second-order valence-corrected chi connectivity index (χ2v) is 2.07. The summed E-state index contributed by atoms with van der Waals surface area (Å²) in [5, 5.41) is 8.57. The van der Waals surface area contributed by atoms with E-state index in [2.05, 4.69) is 0 Å². The molecule has 0 unspecified atom stereocenters. The van der Waals surface area contributed by atoms with Gasteiger partial charge >= 0.3 is 5.97 Å². The molecule has 56 valence electrons. The predicted molar refractivity (Wildman–Crippen MR) is 35.4 cm³/mol. The number of hydrogen-bond donors (Lipinski definition) is 1. The largest absolute Gasteiger partial charge is 0.477 e. The topological polar surface area (TPSA) is 63.6 Å². The Labute approximate surface area is 61.0 Å². The molecule has 0 fully saturated rings. The standard InChI is InChI=1S/C7H4O4/c8-7(9)4-3-11-5-1-2-10-6(4)5/h1-3H,(H,8,9). The minimum atomic E-state index is -1.04. The van der Waals surface area contributed by atoms with E-state index in [1.807, 2.05) is 0 Å². The third-order valence-corrected chi connectivity index (χ3v) is 1.41. The van der Waals surface area contributed by atoms with Crippen molar-refractivity contribution in [3.05, 3.63) is 24.2 Å². The first-order chi connectivity index (χ1) is 5.29. The molecule has 0 aliphatic heterocycles. The zero-order valence-electron chi connectivity index (χ0n) is 5.40. The Morgan fingerprint density at radius 1 is 1.45 bits per heavy atom. The Bertz CT molecular complexity index is 395. The number of carboxylic acid groups (broad SMARTS) is 1. The predicted octanol–water partition coefficient (Wildman–Crippen LogP) is 1.72. The van der Waals surface area contributed by atoms with E-state index in [4.69, 9.17) is 13.9 Å². The van der Waals surface area contributed by atoms with Crippen molar-refractivity contribution in [3.8, 4) is 0 Å². The first-order valence-corrected chi connectivity index (χ1v) is 2.97. The molecule has 11 heavy (non-hydrogen) atoms. The van der Waals surface area contributed by atoms with Gasteiger partial charge in [-0.15, -0.1) is 0 Å². The summed E-state index contributed by atoms with van der Waals surface area (Å²) < 4.78 is 9.75. The quantitative estimate of drug-likeness (QED) is 0.675. The molecule has 2 rings (SSSR count). The van der Waals surface area contributed by atoms with Crippen molar-refractivity contribution in [2.75, 3.05) is 0 Å². The molecule has 2 heterocycles. The van der Waals surface area contributed by atoms with Crippen LogP contribution >= 0.6 is 0 Å². The number of hydrogen-bond acceptors (Lipinski definition) is 3. The maximum Gasteiger partial charge on any atom is 0.342 e. The summed E-state index contributed by atoms with van der Waals surface area (Å²) in [7, 11) is 0. The van der Waals surface area contributed by atoms with E-state index in [0.717, 1.165) is 6.26 Å². The molecule has 2 aromatic heterocycles. The number of furan rings is 2. The van der Waals surface area contributed by atoms with Gasteiger partial charge < -0.3 is 13.9 Å². The van der Waals surface area contributed by atoms with Crippen molar-refractivity contribution in [2.24, 2.45) is 0 Å². The monoisotopic (exact) mass is 152 g/mol. The molecule has 0 aromatic carbocycles. The molecule has 0 aliphatic rings. The van der Waals surface area contributed by atoms with Crippen molar-refractivity contribution in [1.29, 1.82) is 0 Å². The Balaban J connectivity index is 2.78. The van der Waals surface area contributed by atoms with Crippen LogP contribution in [0.1, 0.15) is 10.4 Å². The molecule has 0 bridgehead atoms. The van der Waals surface area contributed by atoms with E-state index in [0.29, 0.717) is 5.58 Å². The fourth-order valence-corrected chi connectivity index (χ4v) is 0.910. The highest BCUT2D eigenvalue weighted by Crippen LogP contribution is 2.21. The Hall–Kier alpha value is -1.71. The minimum absolute atomic E-state index is 0.0602. The molecule has 0 aliphatic carbocycles. The SMILES string of the molecule is O=C(O)c1coc2ccoc12. The summed E-state index contributed by atoms with van der Waals surface area (Å²) in [6.45, 7) is 0. The van der Waals surface area contributed by atoms with Crippen LogP contribution < -0.4 is 0 Å². The molecular formula is C7H4O4. The lowest BCUT2D eigenvalue weighted by atomic mass is 10.3. The van der Waals surface area contributed by atoms with Crippen molar-refractivity contribution < 1.29 is 18.7 Å². The number of carbonyl (C=O) groups is 1. The van der Waals surface area contributed by atoms with Crippen LogP contribution in [0.15, 0.2) is 27.4 Å². The summed E-state index contributed by atoms with van der Waals surface area (Å²) in [6.07, 6.45) is 2.55. The van der Waals surface area contributed by atoms with Gasteiger partial charge in [0.25, 0.3) is 0 Å². The first-order valence-electron chi connectivity index (χ1n) is 2.97. The van der Waals surface area contributed by atoms with Gasteiger partial charge in [-0.2, -0.15) is 0 Å². The minimum Gasteiger partial charge on any atom is -0.477 e. The highest BCUT2D eigenvalue weighted by molar-refractivity contribution is 5.99. The van der Waals surface area contributed by atoms with Crippen molar-refractivity contribution in [3.63, 3.8) is 0 Å². The molecule has 4 nitrogen and oxygen atoms in total. The molecule has 0 radical (unpaired) electrons. The number of carboxylic acids is 1. The lowest BCUT2D eigenvalue weighted by molar-refractivity contribution is 0.0697. The molecule has 0 saturated heterocycles. The van der Waals surface area contributed by atoms with Gasteiger partial charge in [-0.3, -0.25) is 0 Å². The third kappa shape index (κ3) is 0.724. The van der Waals surface area contributed by atoms with Crippen LogP contribution in [-0.4, -0.2) is 11.1 Å². The normalized spacial score (nSPS) is 10.5. The fraction of sp³-hybridized carbons (Fsp3) is 0. The summed E-state index contributed by atoms with van der Waals surface area (Å²) in [5.41, 5.74) is 0.810. The first kappa shape index (κ1) is 6.03. The van der Waals surface area contributed by atoms with Gasteiger partial charge in [0.2, 0.25) is 0 Å². The molecule has 2 aromatic rings. The van der Waals surface area contributed by atoms with E-state index in [1.165, 1.54) is 6.26 Å². The van der Waals surface area contributed by atoms with Crippen molar-refractivity contribution >= 4 is 17.1 Å². The average Bonchev–Trinajstić information content (AvgIpc) is 2.41. The average molecular weight is 152 g/mol. The second-order valence-electron chi connectivity index (χ2n) is 2.07. The Morgan fingerprint density at radius 3 is 3.00 bits per heavy atom. The van der Waals surface area contributed by atoms with Crippen LogP contribution in [0.25, 0.3) is 11.2 Å². The van der Waals surface area contributed by atoms with E-state index in [9.17, 15) is 4.79 Å². The van der Waals surface area contributed by atoms with Gasteiger partial charge in [0.1, 0.15) is 11.8 Å². The summed E-state index contributed by atoms with van der Waals surface area (Å²) in [6, 6.07) is 1.57. The van der Waals surface area contributed by atoms with Gasteiger partial charge in [-0.1, -0.05) is 0 Å². The smallest absolute Gasteiger partial charge is 0.342 e. The molecule has 0 spiro atoms. The fourth-order valence-electron chi connectivity index (χ4n) is 0.910. The van der Waals surface area contributed by atoms with Crippen LogP contribution in [0, 0.1) is 0 Å². The van der Waals surface area contributed by atoms with Crippen LogP contribution in [-0.2, 0) is 0 Å². The number of aromatic carboxylic acids is 1. The highest BCUT2D eigenvalue weighted by atomic mass is 16.4. The molecule has 1 N–H and O–H groups in total. The van der Waals surface area contributed by atoms with E-state index >= 15 is 0 Å². The van der Waals surface area contributed by atoms with E-state index < -0.39 is 5.97 Å². The molecule has 0 saturated carbocycles. The third-order valence-electron chi connectivity index (χ3n) is 1.41. The van der Waals surface area contributed by atoms with Gasteiger partial charge in [-0.25, -0.2) is 4.79 Å². The number of rotatable bonds is 1. The van der Waals surface area contributed by atoms with Gasteiger partial charge in [0.05, 0.1) is 6.26 Å². The lowest BCUT2D eigenvalue weighted by Crippen LogP contribution is -1.92. The van der Waals surface area contributed by atoms with Gasteiger partial charge in [-0.05, 0) is 0 Å². The van der Waals surface area contributed by atoms with Crippen LogP contribution in [0.2, 0.25) is 0 Å². The lowest BCUT2D eigenvalue weighted by Gasteiger charge is -1.81. The molecular weight excluding hydrogens is 148 g/mol. The second kappa shape index (κ2) is 1.88. The van der Waals surface area contributed by atoms with E-state index in [1.54, 1.807) is 6.07 Å². The molecule has 0 amide bonds. The Morgan fingerprint density at radius 2 is 2.27 bits per heavy atom. The zero-order valence-corrected chi connectivity index (χ0v) is 5.40. The van der Waals surface area contributed by atoms with Crippen LogP contribution in [0.5, 0.6) is 0 Å². The number of fused-ring (bicyclic) bond motifs is 1. The summed E-state index contributed by atoms with van der Waals surface area (Å²) in [5.74, 6) is -1.04. The van der Waals surface area contributed by atoms with E-state index in [-0.39, 0.29) is 11.1 Å². The highest BCUT2D eigenvalue weighted by Gasteiger charge is 2.14. The van der Waals surface area contributed by atoms with Crippen molar-refractivity contribution in [1.82, 2.24) is 0 Å². The van der Waals surface area contributed by atoms with Gasteiger partial charge in [0, 0.05) is 6.07 Å². The van der Waals surface area contributed by atoms with Crippen LogP contribution in [0.3, 0.4) is 0 Å². The van der Waals surface area contributed by atoms with Gasteiger partial charge in [0.15, 0.2) is 11.2 Å². The van der Waals surface area contributed by atoms with Crippen LogP contribution in [0.4, 0.5) is 0 Å².